The minimum Gasteiger partial charge on any atom is -0.710 e. The Labute approximate surface area is 89.5 Å². The quantitative estimate of drug-likeness (QED) is 0.268. The number of para-hydroxylation sites is 1. The number of nitro benzene ring substituents is 1. The van der Waals surface area contributed by atoms with E-state index in [1.54, 1.807) is 6.07 Å². The lowest BCUT2D eigenvalue weighted by Crippen LogP contribution is -2.27. The van der Waals surface area contributed by atoms with Crippen molar-refractivity contribution in [2.45, 2.75) is 0 Å². The third-order valence-corrected chi connectivity index (χ3v) is 2.11. The van der Waals surface area contributed by atoms with Gasteiger partial charge in [0.2, 0.25) is 0 Å². The van der Waals surface area contributed by atoms with Crippen LogP contribution in [0.2, 0.25) is 0 Å². The molecule has 0 aliphatic carbocycles. The second-order valence-corrected chi connectivity index (χ2v) is 3.07. The zero-order chi connectivity index (χ0) is 11.7. The third kappa shape index (κ3) is 1.44. The molecular weight excluding hydrogens is 214 g/mol. The summed E-state index contributed by atoms with van der Waals surface area (Å²) in [4.78, 5) is 10.1. The number of hydrogen-bond donors (Lipinski definition) is 1. The van der Waals surface area contributed by atoms with E-state index in [1.807, 2.05) is 0 Å². The highest BCUT2D eigenvalue weighted by molar-refractivity contribution is 5.66. The molecule has 0 radical (unpaired) electrons. The van der Waals surface area contributed by atoms with Gasteiger partial charge in [0, 0.05) is 6.07 Å². The van der Waals surface area contributed by atoms with E-state index >= 15 is 0 Å². The van der Waals surface area contributed by atoms with E-state index in [1.165, 1.54) is 18.2 Å². The van der Waals surface area contributed by atoms with Gasteiger partial charge in [0.15, 0.2) is 6.20 Å². The molecule has 0 amide bonds. The molecule has 0 fully saturated rings. The maximum absolute atomic E-state index is 11.3. The van der Waals surface area contributed by atoms with Crippen molar-refractivity contribution in [3.05, 3.63) is 52.0 Å². The Morgan fingerprint density at radius 1 is 1.38 bits per heavy atom. The normalized spacial score (nSPS) is 10.2. The molecule has 0 atom stereocenters. The lowest BCUT2D eigenvalue weighted by Gasteiger charge is -2.02. The molecule has 0 saturated carbocycles. The molecule has 2 aromatic rings. The van der Waals surface area contributed by atoms with Gasteiger partial charge in [-0.05, 0) is 10.8 Å². The fourth-order valence-electron chi connectivity index (χ4n) is 1.43. The topological polar surface area (TPSA) is 95.2 Å². The number of benzene rings is 1. The molecule has 82 valence electrons. The molecule has 0 saturated heterocycles. The molecule has 7 heteroatoms. The Balaban J connectivity index is 2.69. The van der Waals surface area contributed by atoms with Crippen molar-refractivity contribution in [3.63, 3.8) is 0 Å². The Bertz CT molecular complexity index is 530. The van der Waals surface area contributed by atoms with Crippen molar-refractivity contribution < 1.29 is 14.9 Å². The van der Waals surface area contributed by atoms with E-state index in [0.29, 0.717) is 9.46 Å². The summed E-state index contributed by atoms with van der Waals surface area (Å²) in [6.45, 7) is 0. The standard InChI is InChI=1S/C9H7N3O4/c13-10-5-6-11(14)9(10)7-3-1-2-4-8(7)12(15)16/h1-6,13H. The fourth-order valence-corrected chi connectivity index (χ4v) is 1.43. The molecular formula is C9H7N3O4. The Hall–Kier alpha value is -2.57. The van der Waals surface area contributed by atoms with Crippen LogP contribution in [0.15, 0.2) is 36.7 Å². The lowest BCUT2D eigenvalue weighted by atomic mass is 10.2. The summed E-state index contributed by atoms with van der Waals surface area (Å²) in [5.74, 6) is -0.188. The summed E-state index contributed by atoms with van der Waals surface area (Å²) in [6.07, 6.45) is 2.17. The maximum atomic E-state index is 11.3. The van der Waals surface area contributed by atoms with Crippen LogP contribution >= 0.6 is 0 Å². The van der Waals surface area contributed by atoms with E-state index in [2.05, 4.69) is 0 Å². The molecule has 0 spiro atoms. The first-order chi connectivity index (χ1) is 7.61. The molecule has 7 nitrogen and oxygen atoms in total. The summed E-state index contributed by atoms with van der Waals surface area (Å²) in [5, 5.41) is 31.4. The monoisotopic (exact) mass is 221 g/mol. The largest absolute Gasteiger partial charge is 0.710 e. The number of aromatic nitrogens is 2. The van der Waals surface area contributed by atoms with Gasteiger partial charge in [-0.1, -0.05) is 12.1 Å². The van der Waals surface area contributed by atoms with Crippen LogP contribution in [0.3, 0.4) is 0 Å². The van der Waals surface area contributed by atoms with Gasteiger partial charge in [-0.15, -0.1) is 0 Å². The minimum absolute atomic E-state index is 0.0648. The zero-order valence-electron chi connectivity index (χ0n) is 7.98. The number of imidazole rings is 1. The molecule has 1 N–H and O–H groups in total. The van der Waals surface area contributed by atoms with Gasteiger partial charge < -0.3 is 10.4 Å². The number of nitrogens with zero attached hydrogens (tertiary/aromatic N) is 3. The second kappa shape index (κ2) is 3.54. The molecule has 1 heterocycles. The molecule has 1 aromatic heterocycles. The van der Waals surface area contributed by atoms with Gasteiger partial charge in [0.1, 0.15) is 11.8 Å². The second-order valence-electron chi connectivity index (χ2n) is 3.07. The summed E-state index contributed by atoms with van der Waals surface area (Å²) in [6, 6.07) is 5.70. The number of rotatable bonds is 2. The van der Waals surface area contributed by atoms with Gasteiger partial charge in [-0.25, -0.2) is 4.73 Å². The van der Waals surface area contributed by atoms with Crippen molar-refractivity contribution in [1.29, 1.82) is 0 Å². The highest BCUT2D eigenvalue weighted by Gasteiger charge is 2.24. The molecule has 0 unspecified atom stereocenters. The van der Waals surface area contributed by atoms with Crippen LogP contribution in [0.4, 0.5) is 5.69 Å². The van der Waals surface area contributed by atoms with Crippen molar-refractivity contribution in [1.82, 2.24) is 4.73 Å². The highest BCUT2D eigenvalue weighted by Crippen LogP contribution is 2.26. The first kappa shape index (κ1) is 9.97. The predicted octanol–water partition coefficient (Wildman–Crippen LogP) is 0.934. The first-order valence-electron chi connectivity index (χ1n) is 4.35. The van der Waals surface area contributed by atoms with Crippen LogP contribution in [-0.2, 0) is 0 Å². The van der Waals surface area contributed by atoms with Crippen molar-refractivity contribution in [2.75, 3.05) is 0 Å². The zero-order valence-corrected chi connectivity index (χ0v) is 7.98. The van der Waals surface area contributed by atoms with Crippen LogP contribution in [0.1, 0.15) is 0 Å². The third-order valence-electron chi connectivity index (χ3n) is 2.11. The summed E-state index contributed by atoms with van der Waals surface area (Å²) in [7, 11) is 0. The molecule has 16 heavy (non-hydrogen) atoms. The van der Waals surface area contributed by atoms with Gasteiger partial charge in [-0.2, -0.15) is 0 Å². The summed E-state index contributed by atoms with van der Waals surface area (Å²) in [5.41, 5.74) is -0.170. The Morgan fingerprint density at radius 2 is 2.06 bits per heavy atom. The van der Waals surface area contributed by atoms with Gasteiger partial charge in [0.05, 0.1) is 4.92 Å². The van der Waals surface area contributed by atoms with Crippen LogP contribution < -0.4 is 4.73 Å². The number of hydrogen-bond acceptors (Lipinski definition) is 4. The SMILES string of the molecule is O=[N+]([O-])c1ccccc1-c1n(O)cc[n+]1[O-]. The number of nitro groups is 1. The first-order valence-corrected chi connectivity index (χ1v) is 4.35. The minimum atomic E-state index is -0.609. The summed E-state index contributed by atoms with van der Waals surface area (Å²) >= 11 is 0. The van der Waals surface area contributed by atoms with Gasteiger partial charge >= 0.3 is 5.82 Å². The summed E-state index contributed by atoms with van der Waals surface area (Å²) < 4.78 is 0.914. The lowest BCUT2D eigenvalue weighted by molar-refractivity contribution is -0.594. The smallest absolute Gasteiger partial charge is 0.338 e. The fraction of sp³-hybridized carbons (Fsp3) is 0. The maximum Gasteiger partial charge on any atom is 0.338 e. The average molecular weight is 221 g/mol. The van der Waals surface area contributed by atoms with Crippen molar-refractivity contribution in [3.8, 4) is 11.4 Å². The molecule has 1 aromatic carbocycles. The van der Waals surface area contributed by atoms with Crippen LogP contribution in [0.5, 0.6) is 0 Å². The van der Waals surface area contributed by atoms with Gasteiger partial charge in [0.25, 0.3) is 5.69 Å². The molecule has 0 bridgehead atoms. The highest BCUT2D eigenvalue weighted by atomic mass is 16.6. The van der Waals surface area contributed by atoms with E-state index in [-0.39, 0.29) is 17.1 Å². The van der Waals surface area contributed by atoms with Gasteiger partial charge in [-0.3, -0.25) is 10.1 Å². The van der Waals surface area contributed by atoms with Crippen LogP contribution in [0, 0.1) is 15.3 Å². The van der Waals surface area contributed by atoms with E-state index < -0.39 is 4.92 Å². The van der Waals surface area contributed by atoms with E-state index in [0.717, 1.165) is 12.4 Å². The Kier molecular flexibility index (Phi) is 2.20. The van der Waals surface area contributed by atoms with Crippen LogP contribution in [0.25, 0.3) is 11.4 Å². The Morgan fingerprint density at radius 3 is 2.62 bits per heavy atom. The van der Waals surface area contributed by atoms with E-state index in [4.69, 9.17) is 0 Å². The van der Waals surface area contributed by atoms with Crippen LogP contribution in [-0.4, -0.2) is 14.9 Å². The molecule has 2 rings (SSSR count). The predicted molar refractivity (Wildman–Crippen MR) is 52.7 cm³/mol. The van der Waals surface area contributed by atoms with Crippen molar-refractivity contribution in [2.24, 2.45) is 0 Å². The molecule has 0 aliphatic rings. The molecule has 0 aliphatic heterocycles. The average Bonchev–Trinajstić information content (AvgIpc) is 2.58. The van der Waals surface area contributed by atoms with Crippen molar-refractivity contribution >= 4 is 5.69 Å². The van der Waals surface area contributed by atoms with E-state index in [9.17, 15) is 20.5 Å².